The van der Waals surface area contributed by atoms with Crippen LogP contribution in [0.4, 0.5) is 18.9 Å². The average Bonchev–Trinajstić information content (AvgIpc) is 3.13. The summed E-state index contributed by atoms with van der Waals surface area (Å²) in [5.74, 6) is -2.70. The van der Waals surface area contributed by atoms with Crippen molar-refractivity contribution in [1.29, 1.82) is 0 Å². The predicted octanol–water partition coefficient (Wildman–Crippen LogP) is 5.76. The predicted molar refractivity (Wildman–Crippen MR) is 126 cm³/mol. The second-order valence-electron chi connectivity index (χ2n) is 8.02. The molecule has 180 valence electrons. The van der Waals surface area contributed by atoms with Crippen molar-refractivity contribution in [2.24, 2.45) is 0 Å². The number of nitrogens with zero attached hydrogens (tertiary/aromatic N) is 2. The van der Waals surface area contributed by atoms with Crippen molar-refractivity contribution in [3.63, 3.8) is 0 Å². The standard InChI is InChI=1S/C27H17F3N2O4/c28-27(29,30)36-19-12-10-18(11-13-19)32-23(17-7-4-14-31-15-17)22(25(34)26(32)35)24(33)21-9-3-6-16-5-1-2-8-20(16)21/h1-15,23,33H/b24-22-. The molecule has 1 atom stereocenters. The third-order valence-corrected chi connectivity index (χ3v) is 5.84. The highest BCUT2D eigenvalue weighted by Gasteiger charge is 2.47. The number of fused-ring (bicyclic) bond motifs is 1. The smallest absolute Gasteiger partial charge is 0.507 e. The Morgan fingerprint density at radius 1 is 0.917 bits per heavy atom. The van der Waals surface area contributed by atoms with Crippen molar-refractivity contribution < 1.29 is 32.6 Å². The second-order valence-corrected chi connectivity index (χ2v) is 8.02. The number of carbonyl (C=O) groups is 2. The number of rotatable bonds is 4. The summed E-state index contributed by atoms with van der Waals surface area (Å²) in [4.78, 5) is 31.7. The highest BCUT2D eigenvalue weighted by Crippen LogP contribution is 2.43. The molecule has 1 aliphatic heterocycles. The van der Waals surface area contributed by atoms with Gasteiger partial charge in [-0.25, -0.2) is 0 Å². The van der Waals surface area contributed by atoms with Crippen LogP contribution in [-0.2, 0) is 9.59 Å². The van der Waals surface area contributed by atoms with Gasteiger partial charge in [-0.05, 0) is 46.7 Å². The topological polar surface area (TPSA) is 79.7 Å². The maximum atomic E-state index is 13.3. The molecule has 0 bridgehead atoms. The molecule has 1 saturated heterocycles. The Labute approximate surface area is 202 Å². The Kier molecular flexibility index (Phi) is 5.68. The van der Waals surface area contributed by atoms with E-state index < -0.39 is 29.8 Å². The maximum absolute atomic E-state index is 13.3. The number of aliphatic hydroxyl groups is 1. The lowest BCUT2D eigenvalue weighted by molar-refractivity contribution is -0.274. The quantitative estimate of drug-likeness (QED) is 0.224. The molecule has 36 heavy (non-hydrogen) atoms. The molecule has 0 saturated carbocycles. The van der Waals surface area contributed by atoms with Crippen LogP contribution in [-0.4, -0.2) is 28.1 Å². The first kappa shape index (κ1) is 23.1. The fourth-order valence-electron chi connectivity index (χ4n) is 4.34. The highest BCUT2D eigenvalue weighted by atomic mass is 19.4. The highest BCUT2D eigenvalue weighted by molar-refractivity contribution is 6.51. The number of aliphatic hydroxyl groups excluding tert-OH is 1. The minimum Gasteiger partial charge on any atom is -0.507 e. The summed E-state index contributed by atoms with van der Waals surface area (Å²) < 4.78 is 41.6. The zero-order chi connectivity index (χ0) is 25.4. The third kappa shape index (κ3) is 4.15. The van der Waals surface area contributed by atoms with E-state index in [-0.39, 0.29) is 17.0 Å². The van der Waals surface area contributed by atoms with Gasteiger partial charge >= 0.3 is 6.36 Å². The van der Waals surface area contributed by atoms with Gasteiger partial charge in [-0.1, -0.05) is 48.5 Å². The molecule has 0 radical (unpaired) electrons. The van der Waals surface area contributed by atoms with Crippen molar-refractivity contribution in [2.75, 3.05) is 4.90 Å². The number of Topliss-reactive ketones (excluding diaryl/α,β-unsaturated/α-hetero) is 1. The molecule has 4 aromatic rings. The van der Waals surface area contributed by atoms with Gasteiger partial charge in [0.1, 0.15) is 11.5 Å². The number of ether oxygens (including phenoxy) is 1. The summed E-state index contributed by atoms with van der Waals surface area (Å²) in [6, 6.07) is 19.3. The molecule has 1 aliphatic rings. The number of hydrogen-bond acceptors (Lipinski definition) is 5. The van der Waals surface area contributed by atoms with E-state index in [0.717, 1.165) is 22.4 Å². The Hall–Kier alpha value is -4.66. The second kappa shape index (κ2) is 8.84. The lowest BCUT2D eigenvalue weighted by Gasteiger charge is -2.25. The van der Waals surface area contributed by atoms with Gasteiger partial charge in [0.15, 0.2) is 0 Å². The fourth-order valence-corrected chi connectivity index (χ4v) is 4.34. The molecule has 1 aromatic heterocycles. The molecule has 1 unspecified atom stereocenters. The van der Waals surface area contributed by atoms with Crippen LogP contribution < -0.4 is 9.64 Å². The lowest BCUT2D eigenvalue weighted by Crippen LogP contribution is -2.29. The van der Waals surface area contributed by atoms with Gasteiger partial charge in [-0.15, -0.1) is 13.2 Å². The number of benzene rings is 3. The molecular formula is C27H17F3N2O4. The monoisotopic (exact) mass is 490 g/mol. The zero-order valence-electron chi connectivity index (χ0n) is 18.4. The Balaban J connectivity index is 1.67. The van der Waals surface area contributed by atoms with Crippen molar-refractivity contribution in [3.8, 4) is 5.75 Å². The van der Waals surface area contributed by atoms with Gasteiger partial charge in [0, 0.05) is 23.6 Å². The summed E-state index contributed by atoms with van der Waals surface area (Å²) in [5.41, 5.74) is 0.806. The van der Waals surface area contributed by atoms with Crippen molar-refractivity contribution in [1.82, 2.24) is 4.98 Å². The number of aromatic nitrogens is 1. The first-order valence-corrected chi connectivity index (χ1v) is 10.8. The third-order valence-electron chi connectivity index (χ3n) is 5.84. The lowest BCUT2D eigenvalue weighted by atomic mass is 9.94. The molecule has 2 heterocycles. The number of pyridine rings is 1. The Morgan fingerprint density at radius 3 is 2.33 bits per heavy atom. The van der Waals surface area contributed by atoms with Crippen LogP contribution in [0.15, 0.2) is 96.8 Å². The van der Waals surface area contributed by atoms with E-state index in [1.807, 2.05) is 18.2 Å². The number of amides is 1. The molecule has 0 spiro atoms. The van der Waals surface area contributed by atoms with Gasteiger partial charge in [-0.2, -0.15) is 0 Å². The van der Waals surface area contributed by atoms with Gasteiger partial charge in [0.05, 0.1) is 11.6 Å². The Morgan fingerprint density at radius 2 is 1.64 bits per heavy atom. The first-order valence-electron chi connectivity index (χ1n) is 10.8. The summed E-state index contributed by atoms with van der Waals surface area (Å²) in [5, 5.41) is 12.9. The number of halogens is 3. The van der Waals surface area contributed by atoms with Crippen molar-refractivity contribution in [2.45, 2.75) is 12.4 Å². The number of anilines is 1. The molecule has 6 nitrogen and oxygen atoms in total. The van der Waals surface area contributed by atoms with Crippen LogP contribution in [0.25, 0.3) is 16.5 Å². The van der Waals surface area contributed by atoms with Crippen molar-refractivity contribution >= 4 is 33.9 Å². The fraction of sp³-hybridized carbons (Fsp3) is 0.0741. The average molecular weight is 490 g/mol. The molecule has 9 heteroatoms. The molecule has 3 aromatic carbocycles. The molecule has 1 amide bonds. The van der Waals surface area contributed by atoms with Gasteiger partial charge < -0.3 is 9.84 Å². The maximum Gasteiger partial charge on any atom is 0.573 e. The zero-order valence-corrected chi connectivity index (χ0v) is 18.4. The molecular weight excluding hydrogens is 473 g/mol. The van der Waals surface area contributed by atoms with E-state index in [1.54, 1.807) is 36.4 Å². The van der Waals surface area contributed by atoms with Crippen molar-refractivity contribution in [3.05, 3.63) is 108 Å². The summed E-state index contributed by atoms with van der Waals surface area (Å²) in [7, 11) is 0. The number of ketones is 1. The van der Waals surface area contributed by atoms with E-state index >= 15 is 0 Å². The number of alkyl halides is 3. The van der Waals surface area contributed by atoms with E-state index in [0.29, 0.717) is 16.5 Å². The van der Waals surface area contributed by atoms with Crippen LogP contribution >= 0.6 is 0 Å². The minimum absolute atomic E-state index is 0.150. The van der Waals surface area contributed by atoms with Crippen LogP contribution in [0.3, 0.4) is 0 Å². The Bertz CT molecular complexity index is 1490. The summed E-state index contributed by atoms with van der Waals surface area (Å²) >= 11 is 0. The van der Waals surface area contributed by atoms with E-state index in [4.69, 9.17) is 0 Å². The molecule has 0 aliphatic carbocycles. The van der Waals surface area contributed by atoms with E-state index in [1.165, 1.54) is 24.5 Å². The van der Waals surface area contributed by atoms with Gasteiger partial charge in [-0.3, -0.25) is 19.5 Å². The normalized spacial score (nSPS) is 17.5. The summed E-state index contributed by atoms with van der Waals surface area (Å²) in [6.07, 6.45) is -1.90. The van der Waals surface area contributed by atoms with Crippen LogP contribution in [0.1, 0.15) is 17.2 Å². The molecule has 5 rings (SSSR count). The first-order chi connectivity index (χ1) is 17.2. The molecule has 1 fully saturated rings. The number of hydrogen-bond donors (Lipinski definition) is 1. The van der Waals surface area contributed by atoms with Gasteiger partial charge in [0.2, 0.25) is 0 Å². The largest absolute Gasteiger partial charge is 0.573 e. The summed E-state index contributed by atoms with van der Waals surface area (Å²) in [6.45, 7) is 0. The van der Waals surface area contributed by atoms with Gasteiger partial charge in [0.25, 0.3) is 11.7 Å². The minimum atomic E-state index is -4.88. The van der Waals surface area contributed by atoms with Crippen LogP contribution in [0.2, 0.25) is 0 Å². The van der Waals surface area contributed by atoms with E-state index in [9.17, 15) is 27.9 Å². The number of carbonyl (C=O) groups excluding carboxylic acids is 2. The van der Waals surface area contributed by atoms with Crippen LogP contribution in [0.5, 0.6) is 5.75 Å². The van der Waals surface area contributed by atoms with E-state index in [2.05, 4.69) is 9.72 Å². The molecule has 1 N–H and O–H groups in total. The SMILES string of the molecule is O=C1C(=O)N(c2ccc(OC(F)(F)F)cc2)C(c2cccnc2)/C1=C(/O)c1cccc2ccccc12. The van der Waals surface area contributed by atoms with Crippen LogP contribution in [0, 0.1) is 0 Å².